The van der Waals surface area contributed by atoms with Crippen LogP contribution in [0.2, 0.25) is 0 Å². The highest BCUT2D eigenvalue weighted by molar-refractivity contribution is 7.88. The zero-order valence-electron chi connectivity index (χ0n) is 12.5. The number of carbonyl (C=O) groups excluding carboxylic acids is 2. The van der Waals surface area contributed by atoms with Gasteiger partial charge in [0.1, 0.15) is 6.04 Å². The summed E-state index contributed by atoms with van der Waals surface area (Å²) in [5.74, 6) is -2.17. The minimum Gasteiger partial charge on any atom is -0.480 e. The molecule has 0 saturated carbocycles. The smallest absolute Gasteiger partial charge is 0.326 e. The Hall–Kier alpha value is -1.68. The number of nitrogens with zero attached hydrogens (tertiary/aromatic N) is 2. The summed E-state index contributed by atoms with van der Waals surface area (Å²) in [5.41, 5.74) is 0. The maximum atomic E-state index is 12.1. The molecule has 0 aromatic carbocycles. The highest BCUT2D eigenvalue weighted by atomic mass is 32.2. The summed E-state index contributed by atoms with van der Waals surface area (Å²) in [6, 6.07) is -1.13. The van der Waals surface area contributed by atoms with E-state index in [1.54, 1.807) is 0 Å². The molecule has 0 fully saturated rings. The van der Waals surface area contributed by atoms with Gasteiger partial charge in [-0.15, -0.1) is 0 Å². The highest BCUT2D eigenvalue weighted by Crippen LogP contribution is 2.03. The molecule has 0 aliphatic heterocycles. The molecule has 9 nitrogen and oxygen atoms in total. The van der Waals surface area contributed by atoms with Crippen LogP contribution < -0.4 is 5.32 Å². The van der Waals surface area contributed by atoms with Crippen molar-refractivity contribution in [3.63, 3.8) is 0 Å². The van der Waals surface area contributed by atoms with Gasteiger partial charge in [0.05, 0.1) is 12.8 Å². The number of likely N-dealkylation sites (N-methyl/N-ethyl adjacent to an activating group) is 1. The van der Waals surface area contributed by atoms with Crippen LogP contribution in [0.15, 0.2) is 0 Å². The van der Waals surface area contributed by atoms with Crippen molar-refractivity contribution in [1.29, 1.82) is 0 Å². The molecule has 10 heteroatoms. The van der Waals surface area contributed by atoms with Crippen molar-refractivity contribution < 1.29 is 27.9 Å². The Morgan fingerprint density at radius 2 is 1.81 bits per heavy atom. The van der Waals surface area contributed by atoms with Crippen molar-refractivity contribution in [3.05, 3.63) is 0 Å². The second-order valence-electron chi connectivity index (χ2n) is 4.60. The number of sulfonamides is 1. The Bertz CT molecular complexity index is 504. The molecule has 1 unspecified atom stereocenters. The molecule has 21 heavy (non-hydrogen) atoms. The first-order chi connectivity index (χ1) is 9.46. The van der Waals surface area contributed by atoms with E-state index in [2.05, 4.69) is 5.32 Å². The van der Waals surface area contributed by atoms with Gasteiger partial charge in [0.15, 0.2) is 0 Å². The minimum absolute atomic E-state index is 0.0243. The molecule has 2 amide bonds. The Morgan fingerprint density at radius 1 is 1.29 bits per heavy atom. The van der Waals surface area contributed by atoms with E-state index in [4.69, 9.17) is 5.11 Å². The van der Waals surface area contributed by atoms with Crippen LogP contribution in [0, 0.1) is 0 Å². The predicted octanol–water partition coefficient (Wildman–Crippen LogP) is -1.68. The summed E-state index contributed by atoms with van der Waals surface area (Å²) in [6.45, 7) is 2.21. The standard InChI is InChI=1S/C11H21N3O6S/c1-8(11(17)18)14(6-5-12-9(2)15)10(16)7-13(3)21(4,19)20/h8H,5-7H2,1-4H3,(H,12,15)(H,17,18). The second-order valence-corrected chi connectivity index (χ2v) is 6.69. The molecule has 2 N–H and O–H groups in total. The summed E-state index contributed by atoms with van der Waals surface area (Å²) < 4.78 is 23.4. The lowest BCUT2D eigenvalue weighted by molar-refractivity contribution is -0.149. The molecule has 0 aromatic heterocycles. The molecule has 0 radical (unpaired) electrons. The van der Waals surface area contributed by atoms with Gasteiger partial charge >= 0.3 is 5.97 Å². The predicted molar refractivity (Wildman–Crippen MR) is 75.0 cm³/mol. The van der Waals surface area contributed by atoms with E-state index >= 15 is 0 Å². The van der Waals surface area contributed by atoms with E-state index in [-0.39, 0.29) is 19.0 Å². The molecular formula is C11H21N3O6S. The number of carboxylic acid groups (broad SMARTS) is 1. The van der Waals surface area contributed by atoms with Gasteiger partial charge in [0, 0.05) is 27.1 Å². The lowest BCUT2D eigenvalue weighted by Gasteiger charge is -2.28. The van der Waals surface area contributed by atoms with Crippen LogP contribution in [0.3, 0.4) is 0 Å². The first-order valence-electron chi connectivity index (χ1n) is 6.14. The first kappa shape index (κ1) is 19.3. The monoisotopic (exact) mass is 323 g/mol. The molecule has 122 valence electrons. The maximum Gasteiger partial charge on any atom is 0.326 e. The third-order valence-electron chi connectivity index (χ3n) is 2.80. The summed E-state index contributed by atoms with van der Waals surface area (Å²) in [5, 5.41) is 11.4. The quantitative estimate of drug-likeness (QED) is 0.549. The van der Waals surface area contributed by atoms with E-state index in [9.17, 15) is 22.8 Å². The van der Waals surface area contributed by atoms with Crippen LogP contribution in [-0.2, 0) is 24.4 Å². The Kier molecular flexibility index (Phi) is 7.30. The number of hydrogen-bond acceptors (Lipinski definition) is 5. The van der Waals surface area contributed by atoms with Crippen LogP contribution in [0.25, 0.3) is 0 Å². The van der Waals surface area contributed by atoms with Crippen molar-refractivity contribution in [2.75, 3.05) is 32.9 Å². The van der Waals surface area contributed by atoms with Gasteiger partial charge in [-0.3, -0.25) is 9.59 Å². The fraction of sp³-hybridized carbons (Fsp3) is 0.727. The zero-order valence-corrected chi connectivity index (χ0v) is 13.3. The summed E-state index contributed by atoms with van der Waals surface area (Å²) in [4.78, 5) is 34.9. The van der Waals surface area contributed by atoms with E-state index in [1.807, 2.05) is 0 Å². The number of aliphatic carboxylic acids is 1. The number of amides is 2. The summed E-state index contributed by atoms with van der Waals surface area (Å²) in [7, 11) is -2.32. The fourth-order valence-corrected chi connectivity index (χ4v) is 1.76. The third-order valence-corrected chi connectivity index (χ3v) is 4.06. The van der Waals surface area contributed by atoms with Crippen molar-refractivity contribution in [2.45, 2.75) is 19.9 Å². The number of rotatable bonds is 8. The van der Waals surface area contributed by atoms with Crippen molar-refractivity contribution in [1.82, 2.24) is 14.5 Å². The molecular weight excluding hydrogens is 302 g/mol. The summed E-state index contributed by atoms with van der Waals surface area (Å²) in [6.07, 6.45) is 0.947. The van der Waals surface area contributed by atoms with Crippen molar-refractivity contribution in [2.24, 2.45) is 0 Å². The van der Waals surface area contributed by atoms with Crippen LogP contribution in [0.5, 0.6) is 0 Å². The van der Waals surface area contributed by atoms with E-state index < -0.39 is 34.5 Å². The van der Waals surface area contributed by atoms with Crippen LogP contribution in [-0.4, -0.2) is 79.5 Å². The Balaban J connectivity index is 4.90. The molecule has 0 rings (SSSR count). The van der Waals surface area contributed by atoms with Crippen LogP contribution >= 0.6 is 0 Å². The topological polar surface area (TPSA) is 124 Å². The van der Waals surface area contributed by atoms with Crippen molar-refractivity contribution >= 4 is 27.8 Å². The SMILES string of the molecule is CC(=O)NCCN(C(=O)CN(C)S(C)(=O)=O)C(C)C(=O)O. The fourth-order valence-electron chi connectivity index (χ4n) is 1.42. The lowest BCUT2D eigenvalue weighted by Crippen LogP contribution is -2.50. The summed E-state index contributed by atoms with van der Waals surface area (Å²) >= 11 is 0. The number of carboxylic acids is 1. The van der Waals surface area contributed by atoms with Gasteiger partial charge in [-0.1, -0.05) is 0 Å². The highest BCUT2D eigenvalue weighted by Gasteiger charge is 2.27. The lowest BCUT2D eigenvalue weighted by atomic mass is 10.2. The Labute approximate surface area is 123 Å². The maximum absolute atomic E-state index is 12.1. The van der Waals surface area contributed by atoms with Crippen LogP contribution in [0.4, 0.5) is 0 Å². The molecule has 0 bridgehead atoms. The minimum atomic E-state index is -3.54. The zero-order chi connectivity index (χ0) is 16.8. The first-order valence-corrected chi connectivity index (χ1v) is 7.99. The van der Waals surface area contributed by atoms with Gasteiger partial charge in [-0.25, -0.2) is 13.2 Å². The van der Waals surface area contributed by atoms with Gasteiger partial charge in [0.2, 0.25) is 21.8 Å². The molecule has 0 spiro atoms. The molecule has 0 heterocycles. The average Bonchev–Trinajstić information content (AvgIpc) is 2.31. The third kappa shape index (κ3) is 7.04. The van der Waals surface area contributed by atoms with Gasteiger partial charge in [-0.2, -0.15) is 4.31 Å². The number of nitrogens with one attached hydrogen (secondary N) is 1. The van der Waals surface area contributed by atoms with E-state index in [0.717, 1.165) is 15.5 Å². The molecule has 1 atom stereocenters. The van der Waals surface area contributed by atoms with E-state index in [1.165, 1.54) is 20.9 Å². The molecule has 0 aliphatic rings. The van der Waals surface area contributed by atoms with Gasteiger partial charge in [0.25, 0.3) is 0 Å². The van der Waals surface area contributed by atoms with Gasteiger partial charge < -0.3 is 15.3 Å². The second kappa shape index (κ2) is 7.93. The average molecular weight is 323 g/mol. The van der Waals surface area contributed by atoms with Crippen molar-refractivity contribution in [3.8, 4) is 0 Å². The van der Waals surface area contributed by atoms with Gasteiger partial charge in [-0.05, 0) is 6.92 Å². The van der Waals surface area contributed by atoms with E-state index in [0.29, 0.717) is 0 Å². The number of hydrogen-bond donors (Lipinski definition) is 2. The van der Waals surface area contributed by atoms with Crippen LogP contribution in [0.1, 0.15) is 13.8 Å². The molecule has 0 aliphatic carbocycles. The normalized spacial score (nSPS) is 12.8. The molecule has 0 aromatic rings. The Morgan fingerprint density at radius 3 is 2.19 bits per heavy atom. The number of carbonyl (C=O) groups is 3. The molecule has 0 saturated heterocycles. The largest absolute Gasteiger partial charge is 0.480 e.